The molecule has 2 aromatic carbocycles. The first-order valence-corrected chi connectivity index (χ1v) is 13.4. The molecule has 33 heavy (non-hydrogen) atoms. The van der Waals surface area contributed by atoms with Crippen molar-refractivity contribution in [2.24, 2.45) is 29.1 Å². The molecule has 1 atom stereocenters. The van der Waals surface area contributed by atoms with Crippen molar-refractivity contribution in [3.05, 3.63) is 78.4 Å². The van der Waals surface area contributed by atoms with E-state index in [1.165, 1.54) is 54.5 Å². The Kier molecular flexibility index (Phi) is 4.91. The van der Waals surface area contributed by atoms with E-state index in [4.69, 9.17) is 0 Å². The Bertz CT molecular complexity index is 1080. The molecule has 4 fully saturated rings. The Morgan fingerprint density at radius 3 is 2.27 bits per heavy atom. The Labute approximate surface area is 200 Å². The lowest BCUT2D eigenvalue weighted by molar-refractivity contribution is -0.0399. The Morgan fingerprint density at radius 2 is 1.64 bits per heavy atom. The van der Waals surface area contributed by atoms with Crippen LogP contribution < -0.4 is 5.32 Å². The van der Waals surface area contributed by atoms with Gasteiger partial charge in [0.05, 0.1) is 0 Å². The van der Waals surface area contributed by atoms with Crippen molar-refractivity contribution in [1.29, 1.82) is 0 Å². The van der Waals surface area contributed by atoms with Crippen molar-refractivity contribution in [3.63, 3.8) is 0 Å². The van der Waals surface area contributed by atoms with Crippen molar-refractivity contribution < 1.29 is 0 Å². The van der Waals surface area contributed by atoms with E-state index in [0.29, 0.717) is 0 Å². The van der Waals surface area contributed by atoms with Gasteiger partial charge >= 0.3 is 0 Å². The van der Waals surface area contributed by atoms with Crippen LogP contribution in [0, 0.1) is 29.1 Å². The lowest BCUT2D eigenvalue weighted by Crippen LogP contribution is -2.55. The van der Waals surface area contributed by atoms with Crippen LogP contribution in [0.1, 0.15) is 69.9 Å². The van der Waals surface area contributed by atoms with Gasteiger partial charge < -0.3 is 5.32 Å². The van der Waals surface area contributed by atoms with Crippen LogP contribution >= 0.6 is 0 Å². The zero-order valence-electron chi connectivity index (χ0n) is 20.5. The van der Waals surface area contributed by atoms with Crippen LogP contribution in [-0.2, 0) is 5.41 Å². The minimum Gasteiger partial charge on any atom is -0.384 e. The highest BCUT2D eigenvalue weighted by Gasteiger charge is 2.61. The number of rotatable bonds is 7. The van der Waals surface area contributed by atoms with Crippen molar-refractivity contribution in [2.75, 3.05) is 11.9 Å². The first kappa shape index (κ1) is 21.3. The summed E-state index contributed by atoms with van der Waals surface area (Å²) in [5, 5.41) is 3.83. The molecule has 0 aromatic heterocycles. The molecule has 5 aliphatic rings. The average Bonchev–Trinajstić information content (AvgIpc) is 3.13. The molecule has 0 amide bonds. The maximum absolute atomic E-state index is 4.39. The van der Waals surface area contributed by atoms with Crippen molar-refractivity contribution in [1.82, 2.24) is 0 Å². The van der Waals surface area contributed by atoms with Crippen molar-refractivity contribution in [2.45, 2.75) is 64.2 Å². The predicted octanol–water partition coefficient (Wildman–Crippen LogP) is 8.37. The third kappa shape index (κ3) is 2.84. The summed E-state index contributed by atoms with van der Waals surface area (Å²) in [5.74, 6) is 3.59. The maximum Gasteiger partial charge on any atom is 0.0344 e. The molecule has 1 spiro atoms. The van der Waals surface area contributed by atoms with E-state index >= 15 is 0 Å². The molecule has 5 aliphatic carbocycles. The van der Waals surface area contributed by atoms with E-state index in [-0.39, 0.29) is 10.8 Å². The van der Waals surface area contributed by atoms with Gasteiger partial charge in [0, 0.05) is 23.1 Å². The summed E-state index contributed by atoms with van der Waals surface area (Å²) in [5.41, 5.74) is 8.99. The number of nitrogens with one attached hydrogen (secondary N) is 1. The zero-order valence-corrected chi connectivity index (χ0v) is 20.5. The highest BCUT2D eigenvalue weighted by molar-refractivity contribution is 5.83. The molecule has 1 N–H and O–H groups in total. The lowest BCUT2D eigenvalue weighted by atomic mass is 9.43. The van der Waals surface area contributed by atoms with E-state index in [9.17, 15) is 0 Å². The normalized spacial score (nSPS) is 32.3. The van der Waals surface area contributed by atoms with Gasteiger partial charge in [-0.2, -0.15) is 0 Å². The van der Waals surface area contributed by atoms with Crippen LogP contribution in [0.2, 0.25) is 0 Å². The first-order chi connectivity index (χ1) is 16.1. The highest BCUT2D eigenvalue weighted by Crippen LogP contribution is 2.69. The van der Waals surface area contributed by atoms with E-state index in [1.807, 2.05) is 0 Å². The summed E-state index contributed by atoms with van der Waals surface area (Å²) in [4.78, 5) is 0. The van der Waals surface area contributed by atoms with Crippen molar-refractivity contribution in [3.8, 4) is 11.1 Å². The molecule has 1 heteroatoms. The van der Waals surface area contributed by atoms with E-state index in [2.05, 4.69) is 80.9 Å². The van der Waals surface area contributed by atoms with Crippen LogP contribution in [-0.4, -0.2) is 6.54 Å². The molecular weight excluding hydrogens is 398 g/mol. The third-order valence-corrected chi connectivity index (χ3v) is 10.3. The molecule has 0 aliphatic heterocycles. The summed E-state index contributed by atoms with van der Waals surface area (Å²) in [7, 11) is 0. The number of hydrogen-bond acceptors (Lipinski definition) is 1. The Morgan fingerprint density at radius 1 is 0.970 bits per heavy atom. The summed E-state index contributed by atoms with van der Waals surface area (Å²) in [6.07, 6.45) is 11.4. The van der Waals surface area contributed by atoms with Crippen LogP contribution in [0.5, 0.6) is 0 Å². The minimum atomic E-state index is -0.0446. The molecule has 4 bridgehead atoms. The smallest absolute Gasteiger partial charge is 0.0344 e. The van der Waals surface area contributed by atoms with Crippen LogP contribution in [0.15, 0.2) is 67.3 Å². The van der Waals surface area contributed by atoms with E-state index in [1.54, 1.807) is 11.1 Å². The monoisotopic (exact) mass is 437 g/mol. The number of benzene rings is 2. The molecule has 0 saturated heterocycles. The summed E-state index contributed by atoms with van der Waals surface area (Å²) >= 11 is 0. The second-order valence-electron chi connectivity index (χ2n) is 11.5. The number of anilines is 1. The second-order valence-corrected chi connectivity index (χ2v) is 11.5. The molecule has 1 nitrogen and oxygen atoms in total. The van der Waals surface area contributed by atoms with Crippen LogP contribution in [0.25, 0.3) is 11.1 Å². The zero-order chi connectivity index (χ0) is 22.8. The minimum absolute atomic E-state index is 0.0446. The van der Waals surface area contributed by atoms with Gasteiger partial charge in [-0.1, -0.05) is 62.4 Å². The maximum atomic E-state index is 4.39. The quantitative estimate of drug-likeness (QED) is 0.429. The van der Waals surface area contributed by atoms with Gasteiger partial charge in [-0.15, -0.1) is 6.58 Å². The standard InChI is InChI=1S/C32H39N/c1-5-21(4)31(6-2,7-3)20-33-26-12-13-28-27-10-8-9-11-29(27)32(30(28)19-26)24-15-22-14-23(17-24)18-25(32)16-22/h6,8-13,19,22-25,33H,2,4-5,7,14-18,20H2,1,3H3/t22?,23?,24?,25?,31-,32?/m0/s1. The SMILES string of the molecule is C=C[C@](CC)(CNc1ccc2c(c1)C1(c3ccccc3-2)C2CC3CC(C2)CC1C3)C(=C)CC. The third-order valence-electron chi connectivity index (χ3n) is 10.3. The lowest BCUT2D eigenvalue weighted by Gasteiger charge is -2.61. The first-order valence-electron chi connectivity index (χ1n) is 13.4. The summed E-state index contributed by atoms with van der Waals surface area (Å²) < 4.78 is 0. The van der Waals surface area contributed by atoms with Crippen LogP contribution in [0.4, 0.5) is 5.69 Å². The molecule has 2 aromatic rings. The molecule has 0 unspecified atom stereocenters. The number of fused-ring (bicyclic) bond motifs is 3. The molecule has 0 radical (unpaired) electrons. The Balaban J connectivity index is 1.42. The fourth-order valence-electron chi connectivity index (χ4n) is 8.74. The molecule has 172 valence electrons. The summed E-state index contributed by atoms with van der Waals surface area (Å²) in [6, 6.07) is 16.6. The molecule has 4 saturated carbocycles. The van der Waals surface area contributed by atoms with Crippen LogP contribution in [0.3, 0.4) is 0 Å². The predicted molar refractivity (Wildman–Crippen MR) is 141 cm³/mol. The Hall–Kier alpha value is -2.28. The topological polar surface area (TPSA) is 12.0 Å². The van der Waals surface area contributed by atoms with Gasteiger partial charge in [0.15, 0.2) is 0 Å². The van der Waals surface area contributed by atoms with Gasteiger partial charge in [-0.3, -0.25) is 0 Å². The fourth-order valence-corrected chi connectivity index (χ4v) is 8.74. The fraction of sp³-hybridized carbons (Fsp3) is 0.500. The molecule has 7 rings (SSSR count). The van der Waals surface area contributed by atoms with Gasteiger partial charge in [0.25, 0.3) is 0 Å². The average molecular weight is 438 g/mol. The largest absolute Gasteiger partial charge is 0.384 e. The van der Waals surface area contributed by atoms with E-state index in [0.717, 1.165) is 43.1 Å². The van der Waals surface area contributed by atoms with Gasteiger partial charge in [0.1, 0.15) is 0 Å². The van der Waals surface area contributed by atoms with Gasteiger partial charge in [0.2, 0.25) is 0 Å². The molecular formula is C32H39N. The van der Waals surface area contributed by atoms with Crippen molar-refractivity contribution >= 4 is 5.69 Å². The summed E-state index contributed by atoms with van der Waals surface area (Å²) in [6.45, 7) is 13.9. The van der Waals surface area contributed by atoms with Gasteiger partial charge in [-0.25, -0.2) is 0 Å². The van der Waals surface area contributed by atoms with Gasteiger partial charge in [-0.05, 0) is 103 Å². The second kappa shape index (κ2) is 7.62. The van der Waals surface area contributed by atoms with E-state index < -0.39 is 0 Å². The molecule has 0 heterocycles. The number of hydrogen-bond donors (Lipinski definition) is 1. The highest BCUT2D eigenvalue weighted by atomic mass is 14.9.